The first-order chi connectivity index (χ1) is 12.9. The summed E-state index contributed by atoms with van der Waals surface area (Å²) >= 11 is 6.56. The number of aromatic hydroxyl groups is 1. The Bertz CT molecular complexity index is 968. The third-order valence-electron chi connectivity index (χ3n) is 3.89. The number of benzene rings is 2. The average Bonchev–Trinajstić information content (AvgIpc) is 2.91. The number of rotatable bonds is 5. The number of thiocarbonyl (C=S) groups is 1. The van der Waals surface area contributed by atoms with Crippen LogP contribution in [0.3, 0.4) is 0 Å². The average molecular weight is 399 g/mol. The highest BCUT2D eigenvalue weighted by atomic mass is 32.2. The zero-order valence-corrected chi connectivity index (χ0v) is 16.4. The Morgan fingerprint density at radius 3 is 2.78 bits per heavy atom. The van der Waals surface area contributed by atoms with Gasteiger partial charge in [-0.05, 0) is 49.8 Å². The second-order valence-electron chi connectivity index (χ2n) is 5.78. The second-order valence-corrected chi connectivity index (χ2v) is 7.46. The van der Waals surface area contributed by atoms with Gasteiger partial charge >= 0.3 is 0 Å². The first-order valence-electron chi connectivity index (χ1n) is 8.25. The molecular weight excluding hydrogens is 382 g/mol. The van der Waals surface area contributed by atoms with E-state index in [-0.39, 0.29) is 17.4 Å². The molecule has 2 aromatic rings. The van der Waals surface area contributed by atoms with Gasteiger partial charge in [-0.15, -0.1) is 0 Å². The quantitative estimate of drug-likeness (QED) is 0.457. The van der Waals surface area contributed by atoms with E-state index in [0.29, 0.717) is 38.4 Å². The van der Waals surface area contributed by atoms with Crippen LogP contribution in [0.25, 0.3) is 6.08 Å². The lowest BCUT2D eigenvalue weighted by atomic mass is 10.1. The van der Waals surface area contributed by atoms with E-state index >= 15 is 0 Å². The Morgan fingerprint density at radius 1 is 1.30 bits per heavy atom. The van der Waals surface area contributed by atoms with Crippen LogP contribution < -0.4 is 9.64 Å². The van der Waals surface area contributed by atoms with Crippen LogP contribution in [0.4, 0.5) is 5.69 Å². The van der Waals surface area contributed by atoms with Crippen LogP contribution in [0.1, 0.15) is 29.8 Å². The Kier molecular flexibility index (Phi) is 5.62. The predicted molar refractivity (Wildman–Crippen MR) is 111 cm³/mol. The van der Waals surface area contributed by atoms with Gasteiger partial charge in [0.2, 0.25) is 0 Å². The molecule has 7 heteroatoms. The number of phenols is 1. The fourth-order valence-corrected chi connectivity index (χ4v) is 3.90. The zero-order valence-electron chi connectivity index (χ0n) is 14.8. The maximum atomic E-state index is 12.9. The van der Waals surface area contributed by atoms with Gasteiger partial charge in [0.05, 0.1) is 17.2 Å². The number of carbonyl (C=O) groups is 2. The Hall–Kier alpha value is -2.64. The zero-order chi connectivity index (χ0) is 19.6. The minimum Gasteiger partial charge on any atom is -0.504 e. The topological polar surface area (TPSA) is 66.8 Å². The highest BCUT2D eigenvalue weighted by molar-refractivity contribution is 8.27. The molecule has 0 atom stereocenters. The van der Waals surface area contributed by atoms with Crippen molar-refractivity contribution < 1.29 is 19.4 Å². The van der Waals surface area contributed by atoms with Gasteiger partial charge in [-0.1, -0.05) is 42.2 Å². The maximum Gasteiger partial charge on any atom is 0.270 e. The molecule has 138 valence electrons. The Labute approximate surface area is 166 Å². The molecule has 0 spiro atoms. The third-order valence-corrected chi connectivity index (χ3v) is 5.19. The van der Waals surface area contributed by atoms with Crippen molar-refractivity contribution in [2.24, 2.45) is 0 Å². The van der Waals surface area contributed by atoms with E-state index in [1.165, 1.54) is 29.7 Å². The molecule has 1 heterocycles. The largest absolute Gasteiger partial charge is 0.504 e. The number of ketones is 1. The number of thioether (sulfide) groups is 1. The second kappa shape index (κ2) is 7.94. The summed E-state index contributed by atoms with van der Waals surface area (Å²) < 4.78 is 5.78. The highest BCUT2D eigenvalue weighted by Gasteiger charge is 2.33. The van der Waals surface area contributed by atoms with Gasteiger partial charge in [-0.2, -0.15) is 0 Å². The lowest BCUT2D eigenvalue weighted by Gasteiger charge is -2.15. The molecule has 0 unspecified atom stereocenters. The first-order valence-corrected chi connectivity index (χ1v) is 9.48. The fraction of sp³-hybridized carbons (Fsp3) is 0.150. The van der Waals surface area contributed by atoms with E-state index in [1.54, 1.807) is 42.5 Å². The van der Waals surface area contributed by atoms with Crippen LogP contribution in [-0.4, -0.2) is 27.7 Å². The molecule has 0 aromatic heterocycles. The van der Waals surface area contributed by atoms with Gasteiger partial charge in [0, 0.05) is 5.56 Å². The number of phenolic OH excluding ortho intramolecular Hbond substituents is 1. The minimum atomic E-state index is -0.253. The molecule has 0 bridgehead atoms. The number of Topliss-reactive ketones (excluding diaryl/α,β-unsaturated/α-hetero) is 1. The number of hydrogen-bond acceptors (Lipinski definition) is 6. The molecule has 1 aliphatic heterocycles. The maximum absolute atomic E-state index is 12.9. The molecule has 1 saturated heterocycles. The summed E-state index contributed by atoms with van der Waals surface area (Å²) in [6, 6.07) is 11.7. The van der Waals surface area contributed by atoms with Crippen LogP contribution in [0.5, 0.6) is 11.5 Å². The minimum absolute atomic E-state index is 0.0441. The van der Waals surface area contributed by atoms with E-state index in [1.807, 2.05) is 6.92 Å². The summed E-state index contributed by atoms with van der Waals surface area (Å²) in [7, 11) is 0. The van der Waals surface area contributed by atoms with Crippen molar-refractivity contribution in [3.8, 4) is 11.5 Å². The molecule has 1 N–H and O–H groups in total. The number of hydrogen-bond donors (Lipinski definition) is 1. The van der Waals surface area contributed by atoms with Gasteiger partial charge < -0.3 is 9.84 Å². The van der Waals surface area contributed by atoms with Crippen molar-refractivity contribution >= 4 is 51.8 Å². The fourth-order valence-electron chi connectivity index (χ4n) is 2.60. The van der Waals surface area contributed by atoms with Gasteiger partial charge in [0.15, 0.2) is 21.6 Å². The molecule has 5 nitrogen and oxygen atoms in total. The molecule has 3 rings (SSSR count). The van der Waals surface area contributed by atoms with E-state index in [4.69, 9.17) is 17.0 Å². The molecule has 27 heavy (non-hydrogen) atoms. The molecule has 0 aliphatic carbocycles. The van der Waals surface area contributed by atoms with Gasteiger partial charge in [-0.25, -0.2) is 0 Å². The van der Waals surface area contributed by atoms with Crippen LogP contribution >= 0.6 is 24.0 Å². The van der Waals surface area contributed by atoms with Crippen LogP contribution in [0, 0.1) is 0 Å². The Balaban J connectivity index is 1.92. The molecule has 0 saturated carbocycles. The Morgan fingerprint density at radius 2 is 2.07 bits per heavy atom. The van der Waals surface area contributed by atoms with Gasteiger partial charge in [0.1, 0.15) is 0 Å². The van der Waals surface area contributed by atoms with Crippen LogP contribution in [0.2, 0.25) is 0 Å². The summed E-state index contributed by atoms with van der Waals surface area (Å²) in [6.07, 6.45) is 1.70. The highest BCUT2D eigenvalue weighted by Crippen LogP contribution is 2.37. The molecule has 1 fully saturated rings. The van der Waals surface area contributed by atoms with E-state index in [9.17, 15) is 14.7 Å². The molecule has 2 aromatic carbocycles. The summed E-state index contributed by atoms with van der Waals surface area (Å²) in [5, 5.41) is 9.81. The number of carbonyl (C=O) groups excluding carboxylic acids is 2. The number of amides is 1. The molecule has 1 amide bonds. The summed E-state index contributed by atoms with van der Waals surface area (Å²) in [5.74, 6) is 0.0700. The lowest BCUT2D eigenvalue weighted by molar-refractivity contribution is -0.113. The monoisotopic (exact) mass is 399 g/mol. The van der Waals surface area contributed by atoms with Crippen LogP contribution in [0.15, 0.2) is 47.4 Å². The smallest absolute Gasteiger partial charge is 0.270 e. The molecule has 1 aliphatic rings. The lowest BCUT2D eigenvalue weighted by Crippen LogP contribution is -2.27. The van der Waals surface area contributed by atoms with E-state index in [0.717, 1.165) is 0 Å². The number of nitrogens with zero attached hydrogens (tertiary/aromatic N) is 1. The van der Waals surface area contributed by atoms with Crippen molar-refractivity contribution in [2.75, 3.05) is 11.5 Å². The van der Waals surface area contributed by atoms with Gasteiger partial charge in [0.25, 0.3) is 5.91 Å². The first kappa shape index (κ1) is 19.1. The van der Waals surface area contributed by atoms with Crippen molar-refractivity contribution in [3.05, 3.63) is 58.5 Å². The third kappa shape index (κ3) is 4.04. The van der Waals surface area contributed by atoms with Crippen molar-refractivity contribution in [1.82, 2.24) is 0 Å². The molecular formula is C20H17NO4S2. The number of anilines is 1. The summed E-state index contributed by atoms with van der Waals surface area (Å²) in [5.41, 5.74) is 1.80. The van der Waals surface area contributed by atoms with Crippen molar-refractivity contribution in [1.29, 1.82) is 0 Å². The van der Waals surface area contributed by atoms with Crippen molar-refractivity contribution in [3.63, 3.8) is 0 Å². The number of ether oxygens (including phenoxy) is 1. The van der Waals surface area contributed by atoms with Crippen LogP contribution in [-0.2, 0) is 4.79 Å². The summed E-state index contributed by atoms with van der Waals surface area (Å²) in [4.78, 5) is 26.4. The molecule has 0 radical (unpaired) electrons. The van der Waals surface area contributed by atoms with Crippen molar-refractivity contribution in [2.45, 2.75) is 13.8 Å². The van der Waals surface area contributed by atoms with Gasteiger partial charge in [-0.3, -0.25) is 14.5 Å². The SMILES string of the molecule is CCOc1cc(/C=C2\SC(=S)N(c3cccc(C(C)=O)c3)C2=O)ccc1O. The van der Waals surface area contributed by atoms with E-state index < -0.39 is 0 Å². The van der Waals surface area contributed by atoms with E-state index in [2.05, 4.69) is 0 Å². The predicted octanol–water partition coefficient (Wildman–Crippen LogP) is 4.40. The summed E-state index contributed by atoms with van der Waals surface area (Å²) in [6.45, 7) is 3.72. The normalized spacial score (nSPS) is 15.5. The standard InChI is InChI=1S/C20H17NO4S2/c1-3-25-17-9-13(7-8-16(17)23)10-18-19(24)21(20(26)27-18)15-6-4-5-14(11-15)12(2)22/h4-11,23H,3H2,1-2H3/b18-10-.